The van der Waals surface area contributed by atoms with Crippen molar-refractivity contribution in [3.63, 3.8) is 0 Å². The van der Waals surface area contributed by atoms with Gasteiger partial charge in [0.2, 0.25) is 0 Å². The Labute approximate surface area is 114 Å². The molecular formula is C15H21N3O. The third-order valence-electron chi connectivity index (χ3n) is 3.75. The highest BCUT2D eigenvalue weighted by molar-refractivity contribution is 5.95. The molecule has 1 aliphatic carbocycles. The van der Waals surface area contributed by atoms with Crippen LogP contribution in [0.3, 0.4) is 0 Å². The van der Waals surface area contributed by atoms with E-state index in [-0.39, 0.29) is 5.91 Å². The minimum atomic E-state index is 0.0523. The summed E-state index contributed by atoms with van der Waals surface area (Å²) in [5, 5.41) is 9.90. The van der Waals surface area contributed by atoms with Crippen molar-refractivity contribution in [3.8, 4) is 0 Å². The van der Waals surface area contributed by atoms with Crippen molar-refractivity contribution in [3.05, 3.63) is 29.8 Å². The van der Waals surface area contributed by atoms with Gasteiger partial charge in [-0.25, -0.2) is 0 Å². The molecule has 0 unspecified atom stereocenters. The lowest BCUT2D eigenvalue weighted by atomic mass is 10.1. The first-order chi connectivity index (χ1) is 9.31. The van der Waals surface area contributed by atoms with Crippen LogP contribution in [0.1, 0.15) is 36.0 Å². The standard InChI is InChI=1S/C15H21N3O/c19-15(18-12-4-5-12)11-2-1-3-14(10-11)17-13-6-8-16-9-7-13/h1-3,10,12-13,16-17H,4-9H2,(H,18,19). The average Bonchev–Trinajstić information content (AvgIpc) is 3.24. The molecule has 1 aliphatic heterocycles. The van der Waals surface area contributed by atoms with Crippen molar-refractivity contribution in [2.24, 2.45) is 0 Å². The molecule has 4 heteroatoms. The average molecular weight is 259 g/mol. The molecule has 1 heterocycles. The third-order valence-corrected chi connectivity index (χ3v) is 3.75. The Morgan fingerprint density at radius 2 is 1.89 bits per heavy atom. The molecule has 1 aromatic carbocycles. The Bertz CT molecular complexity index is 450. The molecule has 19 heavy (non-hydrogen) atoms. The fraction of sp³-hybridized carbons (Fsp3) is 0.533. The molecule has 0 aromatic heterocycles. The normalized spacial score (nSPS) is 20.0. The lowest BCUT2D eigenvalue weighted by Gasteiger charge is -2.24. The summed E-state index contributed by atoms with van der Waals surface area (Å²) in [6, 6.07) is 8.75. The van der Waals surface area contributed by atoms with E-state index in [0.29, 0.717) is 12.1 Å². The summed E-state index contributed by atoms with van der Waals surface area (Å²) >= 11 is 0. The van der Waals surface area contributed by atoms with Crippen molar-refractivity contribution in [1.82, 2.24) is 10.6 Å². The van der Waals surface area contributed by atoms with Crippen LogP contribution in [0.25, 0.3) is 0 Å². The first kappa shape index (κ1) is 12.5. The van der Waals surface area contributed by atoms with Crippen LogP contribution < -0.4 is 16.0 Å². The van der Waals surface area contributed by atoms with Gasteiger partial charge in [0.05, 0.1) is 0 Å². The summed E-state index contributed by atoms with van der Waals surface area (Å²) in [4.78, 5) is 12.0. The summed E-state index contributed by atoms with van der Waals surface area (Å²) < 4.78 is 0. The number of hydrogen-bond acceptors (Lipinski definition) is 3. The van der Waals surface area contributed by atoms with Gasteiger partial charge in [0.15, 0.2) is 0 Å². The number of piperidine rings is 1. The first-order valence-electron chi connectivity index (χ1n) is 7.19. The van der Waals surface area contributed by atoms with Gasteiger partial charge in [-0.15, -0.1) is 0 Å². The molecule has 0 atom stereocenters. The summed E-state index contributed by atoms with van der Waals surface area (Å²) in [6.07, 6.45) is 4.52. The van der Waals surface area contributed by atoms with Gasteiger partial charge in [-0.05, 0) is 57.0 Å². The number of rotatable bonds is 4. The summed E-state index contributed by atoms with van der Waals surface area (Å²) in [5.41, 5.74) is 1.81. The molecule has 3 N–H and O–H groups in total. The fourth-order valence-corrected chi connectivity index (χ4v) is 2.45. The second-order valence-electron chi connectivity index (χ2n) is 5.50. The Morgan fingerprint density at radius 1 is 1.11 bits per heavy atom. The summed E-state index contributed by atoms with van der Waals surface area (Å²) in [7, 11) is 0. The monoisotopic (exact) mass is 259 g/mol. The van der Waals surface area contributed by atoms with Crippen LogP contribution in [-0.4, -0.2) is 31.1 Å². The quantitative estimate of drug-likeness (QED) is 0.772. The molecule has 1 saturated heterocycles. The van der Waals surface area contributed by atoms with Crippen molar-refractivity contribution in [1.29, 1.82) is 0 Å². The van der Waals surface area contributed by atoms with E-state index < -0.39 is 0 Å². The Balaban J connectivity index is 1.62. The zero-order valence-electron chi connectivity index (χ0n) is 11.1. The number of nitrogens with one attached hydrogen (secondary N) is 3. The minimum absolute atomic E-state index is 0.0523. The van der Waals surface area contributed by atoms with Crippen LogP contribution >= 0.6 is 0 Å². The molecule has 3 rings (SSSR count). The van der Waals surface area contributed by atoms with Crippen LogP contribution in [0, 0.1) is 0 Å². The lowest BCUT2D eigenvalue weighted by Crippen LogP contribution is -2.35. The van der Waals surface area contributed by atoms with Crippen LogP contribution in [0.2, 0.25) is 0 Å². The van der Waals surface area contributed by atoms with E-state index in [1.807, 2.05) is 24.3 Å². The highest BCUT2D eigenvalue weighted by Gasteiger charge is 2.23. The molecule has 2 fully saturated rings. The highest BCUT2D eigenvalue weighted by Crippen LogP contribution is 2.20. The second kappa shape index (κ2) is 5.61. The second-order valence-corrected chi connectivity index (χ2v) is 5.50. The molecular weight excluding hydrogens is 238 g/mol. The fourth-order valence-electron chi connectivity index (χ4n) is 2.45. The van der Waals surface area contributed by atoms with E-state index >= 15 is 0 Å². The maximum Gasteiger partial charge on any atom is 0.251 e. The predicted molar refractivity (Wildman–Crippen MR) is 76.4 cm³/mol. The SMILES string of the molecule is O=C(NC1CC1)c1cccc(NC2CCNCC2)c1. The van der Waals surface area contributed by atoms with E-state index in [0.717, 1.165) is 50.0 Å². The smallest absolute Gasteiger partial charge is 0.251 e. The van der Waals surface area contributed by atoms with Gasteiger partial charge < -0.3 is 16.0 Å². The van der Waals surface area contributed by atoms with Crippen LogP contribution in [0.5, 0.6) is 0 Å². The number of amides is 1. The van der Waals surface area contributed by atoms with Crippen molar-refractivity contribution in [2.45, 2.75) is 37.8 Å². The molecule has 1 saturated carbocycles. The maximum absolute atomic E-state index is 12.0. The van der Waals surface area contributed by atoms with Crippen LogP contribution in [-0.2, 0) is 0 Å². The summed E-state index contributed by atoms with van der Waals surface area (Å²) in [5.74, 6) is 0.0523. The maximum atomic E-state index is 12.0. The van der Waals surface area contributed by atoms with Gasteiger partial charge in [-0.1, -0.05) is 6.07 Å². The molecule has 0 spiro atoms. The molecule has 4 nitrogen and oxygen atoms in total. The van der Waals surface area contributed by atoms with Gasteiger partial charge in [0.25, 0.3) is 5.91 Å². The highest BCUT2D eigenvalue weighted by atomic mass is 16.1. The van der Waals surface area contributed by atoms with Gasteiger partial charge in [-0.3, -0.25) is 4.79 Å². The number of benzene rings is 1. The number of carbonyl (C=O) groups excluding carboxylic acids is 1. The molecule has 0 radical (unpaired) electrons. The van der Waals surface area contributed by atoms with E-state index in [2.05, 4.69) is 16.0 Å². The van der Waals surface area contributed by atoms with Crippen LogP contribution in [0.15, 0.2) is 24.3 Å². The van der Waals surface area contributed by atoms with Gasteiger partial charge >= 0.3 is 0 Å². The van der Waals surface area contributed by atoms with E-state index in [4.69, 9.17) is 0 Å². The Hall–Kier alpha value is -1.55. The predicted octanol–water partition coefficient (Wildman–Crippen LogP) is 1.74. The van der Waals surface area contributed by atoms with Gasteiger partial charge in [0, 0.05) is 23.3 Å². The van der Waals surface area contributed by atoms with E-state index in [9.17, 15) is 4.79 Å². The number of carbonyl (C=O) groups is 1. The molecule has 1 amide bonds. The largest absolute Gasteiger partial charge is 0.382 e. The molecule has 2 aliphatic rings. The van der Waals surface area contributed by atoms with Gasteiger partial charge in [0.1, 0.15) is 0 Å². The lowest BCUT2D eigenvalue weighted by molar-refractivity contribution is 0.0951. The Morgan fingerprint density at radius 3 is 2.63 bits per heavy atom. The van der Waals surface area contributed by atoms with E-state index in [1.165, 1.54) is 0 Å². The number of hydrogen-bond donors (Lipinski definition) is 3. The summed E-state index contributed by atoms with van der Waals surface area (Å²) in [6.45, 7) is 2.14. The van der Waals surface area contributed by atoms with E-state index in [1.54, 1.807) is 0 Å². The molecule has 1 aromatic rings. The third kappa shape index (κ3) is 3.47. The molecule has 0 bridgehead atoms. The number of anilines is 1. The minimum Gasteiger partial charge on any atom is -0.382 e. The zero-order chi connectivity index (χ0) is 13.1. The first-order valence-corrected chi connectivity index (χ1v) is 7.19. The topological polar surface area (TPSA) is 53.2 Å². The van der Waals surface area contributed by atoms with Gasteiger partial charge in [-0.2, -0.15) is 0 Å². The van der Waals surface area contributed by atoms with Crippen molar-refractivity contribution in [2.75, 3.05) is 18.4 Å². The van der Waals surface area contributed by atoms with Crippen molar-refractivity contribution < 1.29 is 4.79 Å². The van der Waals surface area contributed by atoms with Crippen molar-refractivity contribution >= 4 is 11.6 Å². The zero-order valence-corrected chi connectivity index (χ0v) is 11.1. The Kier molecular flexibility index (Phi) is 3.69. The molecule has 102 valence electrons. The van der Waals surface area contributed by atoms with Crippen LogP contribution in [0.4, 0.5) is 5.69 Å².